The summed E-state index contributed by atoms with van der Waals surface area (Å²) in [6.45, 7) is 1.61. The Kier molecular flexibility index (Phi) is 2.53. The molecule has 1 aliphatic carbocycles. The van der Waals surface area contributed by atoms with Crippen LogP contribution in [0, 0.1) is 0 Å². The van der Waals surface area contributed by atoms with Gasteiger partial charge >= 0.3 is 0 Å². The number of nitrogens with zero attached hydrogens (tertiary/aromatic N) is 1. The van der Waals surface area contributed by atoms with Crippen molar-refractivity contribution in [3.63, 3.8) is 0 Å². The lowest BCUT2D eigenvalue weighted by molar-refractivity contribution is -0.136. The number of carbonyl (C=O) groups is 2. The average molecular weight is 214 g/mol. The minimum Gasteiger partial charge on any atom is -0.294 e. The molecule has 1 N–H and O–H groups in total. The number of piperazine rings is 1. The number of hydrogen-bond donors (Lipinski definition) is 1. The lowest BCUT2D eigenvalue weighted by Gasteiger charge is -2.28. The van der Waals surface area contributed by atoms with Crippen LogP contribution in [0.3, 0.4) is 0 Å². The van der Waals surface area contributed by atoms with Crippen molar-refractivity contribution in [2.45, 2.75) is 17.6 Å². The SMILES string of the molecule is CSC1(CN2CC(=O)NC(=O)C2)CC1. The highest BCUT2D eigenvalue weighted by molar-refractivity contribution is 8.00. The van der Waals surface area contributed by atoms with E-state index in [4.69, 9.17) is 0 Å². The summed E-state index contributed by atoms with van der Waals surface area (Å²) in [6, 6.07) is 0. The maximum atomic E-state index is 11.1. The van der Waals surface area contributed by atoms with Crippen LogP contribution in [0.15, 0.2) is 0 Å². The van der Waals surface area contributed by atoms with Gasteiger partial charge in [0.15, 0.2) is 0 Å². The fourth-order valence-electron chi connectivity index (χ4n) is 1.78. The zero-order valence-corrected chi connectivity index (χ0v) is 9.02. The second-order valence-corrected chi connectivity index (χ2v) is 5.28. The van der Waals surface area contributed by atoms with Crippen LogP contribution >= 0.6 is 11.8 Å². The smallest absolute Gasteiger partial charge is 0.240 e. The third-order valence-corrected chi connectivity index (χ3v) is 4.17. The number of carbonyl (C=O) groups excluding carboxylic acids is 2. The average Bonchev–Trinajstić information content (AvgIpc) is 2.83. The highest BCUT2D eigenvalue weighted by Crippen LogP contribution is 2.47. The molecule has 0 aromatic heterocycles. The Morgan fingerprint density at radius 3 is 2.36 bits per heavy atom. The van der Waals surface area contributed by atoms with Gasteiger partial charge in [0.2, 0.25) is 11.8 Å². The Hall–Kier alpha value is -0.550. The summed E-state index contributed by atoms with van der Waals surface area (Å²) < 4.78 is 0.331. The summed E-state index contributed by atoms with van der Waals surface area (Å²) in [7, 11) is 0. The van der Waals surface area contributed by atoms with Gasteiger partial charge in [-0.2, -0.15) is 11.8 Å². The van der Waals surface area contributed by atoms with E-state index in [1.165, 1.54) is 12.8 Å². The third kappa shape index (κ3) is 2.09. The number of hydrogen-bond acceptors (Lipinski definition) is 4. The molecule has 1 saturated carbocycles. The van der Waals surface area contributed by atoms with Gasteiger partial charge in [-0.05, 0) is 19.1 Å². The first-order valence-corrected chi connectivity index (χ1v) is 5.96. The predicted molar refractivity (Wildman–Crippen MR) is 55.1 cm³/mol. The van der Waals surface area contributed by atoms with Crippen LogP contribution in [0.1, 0.15) is 12.8 Å². The molecule has 0 atom stereocenters. The van der Waals surface area contributed by atoms with E-state index in [1.807, 2.05) is 16.7 Å². The molecule has 2 amide bonds. The minimum atomic E-state index is -0.168. The van der Waals surface area contributed by atoms with Crippen LogP contribution < -0.4 is 5.32 Å². The lowest BCUT2D eigenvalue weighted by Crippen LogP contribution is -2.53. The van der Waals surface area contributed by atoms with Gasteiger partial charge < -0.3 is 0 Å². The molecule has 78 valence electrons. The molecule has 2 aliphatic rings. The molecule has 4 nitrogen and oxygen atoms in total. The molecule has 0 spiro atoms. The maximum Gasteiger partial charge on any atom is 0.240 e. The minimum absolute atomic E-state index is 0.168. The summed E-state index contributed by atoms with van der Waals surface area (Å²) in [5.74, 6) is -0.337. The first kappa shape index (κ1) is 9.98. The zero-order valence-electron chi connectivity index (χ0n) is 8.21. The molecule has 0 bridgehead atoms. The Morgan fingerprint density at radius 1 is 1.36 bits per heavy atom. The fourth-order valence-corrected chi connectivity index (χ4v) is 2.60. The van der Waals surface area contributed by atoms with Gasteiger partial charge in [0.25, 0.3) is 0 Å². The van der Waals surface area contributed by atoms with E-state index in [0.717, 1.165) is 6.54 Å². The van der Waals surface area contributed by atoms with E-state index in [-0.39, 0.29) is 11.8 Å². The molecule has 2 fully saturated rings. The van der Waals surface area contributed by atoms with E-state index in [9.17, 15) is 9.59 Å². The predicted octanol–water partition coefficient (Wildman–Crippen LogP) is -0.160. The third-order valence-electron chi connectivity index (χ3n) is 2.77. The number of nitrogens with one attached hydrogen (secondary N) is 1. The van der Waals surface area contributed by atoms with Gasteiger partial charge in [-0.1, -0.05) is 0 Å². The quantitative estimate of drug-likeness (QED) is 0.663. The van der Waals surface area contributed by atoms with Gasteiger partial charge in [0, 0.05) is 11.3 Å². The molecule has 2 rings (SSSR count). The largest absolute Gasteiger partial charge is 0.294 e. The van der Waals surface area contributed by atoms with Crippen molar-refractivity contribution >= 4 is 23.6 Å². The maximum absolute atomic E-state index is 11.1. The molecule has 5 heteroatoms. The van der Waals surface area contributed by atoms with E-state index < -0.39 is 0 Å². The van der Waals surface area contributed by atoms with Gasteiger partial charge in [0.05, 0.1) is 13.1 Å². The Morgan fingerprint density at radius 2 is 1.93 bits per heavy atom. The van der Waals surface area contributed by atoms with Crippen molar-refractivity contribution in [1.29, 1.82) is 0 Å². The van der Waals surface area contributed by atoms with Crippen LogP contribution in [0.4, 0.5) is 0 Å². The molecule has 1 saturated heterocycles. The molecule has 0 aromatic carbocycles. The van der Waals surface area contributed by atoms with Gasteiger partial charge in [-0.3, -0.25) is 19.8 Å². The summed E-state index contributed by atoms with van der Waals surface area (Å²) in [5.41, 5.74) is 0. The summed E-state index contributed by atoms with van der Waals surface area (Å²) in [5, 5.41) is 2.31. The van der Waals surface area contributed by atoms with Crippen molar-refractivity contribution < 1.29 is 9.59 Å². The van der Waals surface area contributed by atoms with Gasteiger partial charge in [-0.25, -0.2) is 0 Å². The van der Waals surface area contributed by atoms with Crippen molar-refractivity contribution in [2.24, 2.45) is 0 Å². The zero-order chi connectivity index (χ0) is 10.2. The summed E-state index contributed by atoms with van der Waals surface area (Å²) in [4.78, 5) is 24.1. The molecule has 0 radical (unpaired) electrons. The number of rotatable bonds is 3. The van der Waals surface area contributed by atoms with E-state index in [2.05, 4.69) is 11.6 Å². The van der Waals surface area contributed by atoms with Crippen LogP contribution in [0.5, 0.6) is 0 Å². The number of imide groups is 1. The highest BCUT2D eigenvalue weighted by atomic mass is 32.2. The summed E-state index contributed by atoms with van der Waals surface area (Å²) in [6.07, 6.45) is 4.51. The van der Waals surface area contributed by atoms with E-state index in [1.54, 1.807) is 0 Å². The monoisotopic (exact) mass is 214 g/mol. The molecule has 1 aliphatic heterocycles. The molecule has 14 heavy (non-hydrogen) atoms. The van der Waals surface area contributed by atoms with Gasteiger partial charge in [-0.15, -0.1) is 0 Å². The molecular formula is C9H14N2O2S. The van der Waals surface area contributed by atoms with E-state index >= 15 is 0 Å². The van der Waals surface area contributed by atoms with E-state index in [0.29, 0.717) is 17.8 Å². The first-order valence-electron chi connectivity index (χ1n) is 4.74. The second-order valence-electron chi connectivity index (χ2n) is 4.00. The highest BCUT2D eigenvalue weighted by Gasteiger charge is 2.44. The first-order chi connectivity index (χ1) is 6.63. The second kappa shape index (κ2) is 3.55. The number of thioether (sulfide) groups is 1. The Bertz CT molecular complexity index is 260. The van der Waals surface area contributed by atoms with Crippen molar-refractivity contribution in [1.82, 2.24) is 10.2 Å². The van der Waals surface area contributed by atoms with Crippen LogP contribution in [0.25, 0.3) is 0 Å². The number of amides is 2. The van der Waals surface area contributed by atoms with Gasteiger partial charge in [0.1, 0.15) is 0 Å². The standard InChI is InChI=1S/C9H14N2O2S/c1-14-9(2-3-9)6-11-4-7(12)10-8(13)5-11/h2-6H2,1H3,(H,10,12,13). The van der Waals surface area contributed by atoms with Crippen molar-refractivity contribution in [3.8, 4) is 0 Å². The Labute approximate surface area is 87.4 Å². The molecule has 1 heterocycles. The topological polar surface area (TPSA) is 49.4 Å². The molecular weight excluding hydrogens is 200 g/mol. The van der Waals surface area contributed by atoms with Crippen LogP contribution in [-0.2, 0) is 9.59 Å². The van der Waals surface area contributed by atoms with Crippen LogP contribution in [-0.4, -0.2) is 47.4 Å². The molecule has 0 aromatic rings. The van der Waals surface area contributed by atoms with Crippen LogP contribution in [0.2, 0.25) is 0 Å². The Balaban J connectivity index is 1.91. The fraction of sp³-hybridized carbons (Fsp3) is 0.778. The normalized spacial score (nSPS) is 26.1. The molecule has 0 unspecified atom stereocenters. The van der Waals surface area contributed by atoms with Crippen molar-refractivity contribution in [2.75, 3.05) is 25.9 Å². The van der Waals surface area contributed by atoms with Crippen molar-refractivity contribution in [3.05, 3.63) is 0 Å². The lowest BCUT2D eigenvalue weighted by atomic mass is 10.3. The summed E-state index contributed by atoms with van der Waals surface area (Å²) >= 11 is 1.85.